The first kappa shape index (κ1) is 21.0. The van der Waals surface area contributed by atoms with Crippen LogP contribution < -0.4 is 15.4 Å². The normalized spacial score (nSPS) is 15.4. The van der Waals surface area contributed by atoms with Crippen molar-refractivity contribution in [3.8, 4) is 5.75 Å². The van der Waals surface area contributed by atoms with Crippen LogP contribution in [0.1, 0.15) is 31.4 Å². The van der Waals surface area contributed by atoms with Crippen LogP contribution in [-0.4, -0.2) is 39.9 Å². The second kappa shape index (κ2) is 10.7. The number of halogens is 2. The minimum absolute atomic E-state index is 0. The molecule has 0 bridgehead atoms. The zero-order valence-corrected chi connectivity index (χ0v) is 16.8. The summed E-state index contributed by atoms with van der Waals surface area (Å²) in [6.07, 6.45) is 2.60. The SMILES string of the molecule is CN=C(NCCOCC1CC1)NC(C)c1ccc(OC)c(F)c1.I. The van der Waals surface area contributed by atoms with Gasteiger partial charge >= 0.3 is 0 Å². The molecular weight excluding hydrogens is 424 g/mol. The summed E-state index contributed by atoms with van der Waals surface area (Å²) >= 11 is 0. The van der Waals surface area contributed by atoms with Gasteiger partial charge in [-0.2, -0.15) is 0 Å². The molecule has 0 aliphatic heterocycles. The Morgan fingerprint density at radius 3 is 2.75 bits per heavy atom. The monoisotopic (exact) mass is 451 g/mol. The first-order valence-electron chi connectivity index (χ1n) is 8.02. The highest BCUT2D eigenvalue weighted by Crippen LogP contribution is 2.28. The molecule has 0 saturated heterocycles. The van der Waals surface area contributed by atoms with E-state index in [2.05, 4.69) is 15.6 Å². The van der Waals surface area contributed by atoms with E-state index in [4.69, 9.17) is 9.47 Å². The zero-order chi connectivity index (χ0) is 16.7. The highest BCUT2D eigenvalue weighted by Gasteiger charge is 2.20. The van der Waals surface area contributed by atoms with E-state index >= 15 is 0 Å². The molecule has 1 aromatic carbocycles. The van der Waals surface area contributed by atoms with Gasteiger partial charge in [-0.05, 0) is 43.4 Å². The molecule has 24 heavy (non-hydrogen) atoms. The van der Waals surface area contributed by atoms with Gasteiger partial charge in [0.2, 0.25) is 0 Å². The van der Waals surface area contributed by atoms with E-state index in [-0.39, 0.29) is 41.6 Å². The molecule has 1 saturated carbocycles. The molecule has 0 aromatic heterocycles. The Kier molecular flexibility index (Phi) is 9.35. The molecule has 5 nitrogen and oxygen atoms in total. The molecule has 1 unspecified atom stereocenters. The summed E-state index contributed by atoms with van der Waals surface area (Å²) in [4.78, 5) is 4.18. The number of guanidine groups is 1. The van der Waals surface area contributed by atoms with Crippen LogP contribution in [0, 0.1) is 11.7 Å². The number of ether oxygens (including phenoxy) is 2. The lowest BCUT2D eigenvalue weighted by Gasteiger charge is -2.18. The fraction of sp³-hybridized carbons (Fsp3) is 0.588. The van der Waals surface area contributed by atoms with Crippen LogP contribution in [0.25, 0.3) is 0 Å². The second-order valence-electron chi connectivity index (χ2n) is 5.78. The molecule has 7 heteroatoms. The number of rotatable bonds is 8. The number of aliphatic imine (C=N–C) groups is 1. The number of hydrogen-bond donors (Lipinski definition) is 2. The maximum atomic E-state index is 13.8. The maximum absolute atomic E-state index is 13.8. The van der Waals surface area contributed by atoms with E-state index in [1.807, 2.05) is 13.0 Å². The van der Waals surface area contributed by atoms with Gasteiger partial charge in [-0.1, -0.05) is 6.07 Å². The summed E-state index contributed by atoms with van der Waals surface area (Å²) in [6.45, 7) is 4.16. The molecule has 0 amide bonds. The van der Waals surface area contributed by atoms with Gasteiger partial charge in [-0.15, -0.1) is 24.0 Å². The lowest BCUT2D eigenvalue weighted by molar-refractivity contribution is 0.129. The largest absolute Gasteiger partial charge is 0.494 e. The van der Waals surface area contributed by atoms with Crippen LogP contribution in [0.5, 0.6) is 5.75 Å². The van der Waals surface area contributed by atoms with Crippen molar-refractivity contribution in [1.82, 2.24) is 10.6 Å². The predicted molar refractivity (Wildman–Crippen MR) is 105 cm³/mol. The number of benzene rings is 1. The van der Waals surface area contributed by atoms with Gasteiger partial charge in [-0.25, -0.2) is 4.39 Å². The number of nitrogens with one attached hydrogen (secondary N) is 2. The Hall–Kier alpha value is -1.09. The van der Waals surface area contributed by atoms with Gasteiger partial charge in [0.05, 0.1) is 19.8 Å². The van der Waals surface area contributed by atoms with Crippen molar-refractivity contribution in [3.05, 3.63) is 29.6 Å². The van der Waals surface area contributed by atoms with E-state index in [1.54, 1.807) is 13.1 Å². The molecule has 1 aromatic rings. The Morgan fingerprint density at radius 2 is 2.17 bits per heavy atom. The molecule has 2 rings (SSSR count). The third-order valence-corrected chi connectivity index (χ3v) is 3.84. The fourth-order valence-corrected chi connectivity index (χ4v) is 2.21. The van der Waals surface area contributed by atoms with Crippen molar-refractivity contribution in [2.24, 2.45) is 10.9 Å². The lowest BCUT2D eigenvalue weighted by Crippen LogP contribution is -2.40. The molecule has 1 aliphatic rings. The fourth-order valence-electron chi connectivity index (χ4n) is 2.21. The molecule has 1 fully saturated rings. The van der Waals surface area contributed by atoms with Crippen LogP contribution in [0.2, 0.25) is 0 Å². The third-order valence-electron chi connectivity index (χ3n) is 3.84. The molecular formula is C17H27FIN3O2. The van der Waals surface area contributed by atoms with Crippen molar-refractivity contribution in [1.29, 1.82) is 0 Å². The highest BCUT2D eigenvalue weighted by atomic mass is 127. The van der Waals surface area contributed by atoms with Crippen LogP contribution in [0.3, 0.4) is 0 Å². The zero-order valence-electron chi connectivity index (χ0n) is 14.5. The van der Waals surface area contributed by atoms with Crippen molar-refractivity contribution in [2.45, 2.75) is 25.8 Å². The summed E-state index contributed by atoms with van der Waals surface area (Å²) in [5.41, 5.74) is 0.830. The van der Waals surface area contributed by atoms with E-state index < -0.39 is 0 Å². The molecule has 0 radical (unpaired) electrons. The van der Waals surface area contributed by atoms with Crippen molar-refractivity contribution in [2.75, 3.05) is 33.9 Å². The summed E-state index contributed by atoms with van der Waals surface area (Å²) in [5, 5.41) is 6.43. The maximum Gasteiger partial charge on any atom is 0.191 e. The molecule has 1 atom stereocenters. The first-order valence-corrected chi connectivity index (χ1v) is 8.02. The Balaban J connectivity index is 0.00000288. The summed E-state index contributed by atoms with van der Waals surface area (Å²) in [6, 6.07) is 4.87. The average Bonchev–Trinajstić information content (AvgIpc) is 3.37. The second-order valence-corrected chi connectivity index (χ2v) is 5.78. The summed E-state index contributed by atoms with van der Waals surface area (Å²) in [5.74, 6) is 1.33. The standard InChI is InChI=1S/C17H26FN3O2.HI/c1-12(14-6-7-16(22-3)15(18)10-14)21-17(19-2)20-8-9-23-11-13-4-5-13;/h6-7,10,12-13H,4-5,8-9,11H2,1-3H3,(H2,19,20,21);1H. The van der Waals surface area contributed by atoms with E-state index in [0.717, 1.165) is 18.1 Å². The van der Waals surface area contributed by atoms with E-state index in [0.29, 0.717) is 19.1 Å². The molecule has 0 heterocycles. The minimum atomic E-state index is -0.366. The van der Waals surface area contributed by atoms with Crippen LogP contribution in [0.15, 0.2) is 23.2 Å². The summed E-state index contributed by atoms with van der Waals surface area (Å²) in [7, 11) is 3.17. The Labute approximate surface area is 160 Å². The molecule has 136 valence electrons. The van der Waals surface area contributed by atoms with E-state index in [1.165, 1.54) is 26.0 Å². The van der Waals surface area contributed by atoms with Gasteiger partial charge in [-0.3, -0.25) is 4.99 Å². The first-order chi connectivity index (χ1) is 11.1. The quantitative estimate of drug-likeness (QED) is 0.276. The summed E-state index contributed by atoms with van der Waals surface area (Å²) < 4.78 is 24.3. The number of methoxy groups -OCH3 is 1. The predicted octanol–water partition coefficient (Wildman–Crippen LogP) is 3.10. The molecule has 2 N–H and O–H groups in total. The van der Waals surface area contributed by atoms with Crippen molar-refractivity contribution >= 4 is 29.9 Å². The smallest absolute Gasteiger partial charge is 0.191 e. The van der Waals surface area contributed by atoms with Crippen molar-refractivity contribution in [3.63, 3.8) is 0 Å². The van der Waals surface area contributed by atoms with E-state index in [9.17, 15) is 4.39 Å². The Morgan fingerprint density at radius 1 is 1.42 bits per heavy atom. The topological polar surface area (TPSA) is 54.9 Å². The van der Waals surface area contributed by atoms with Gasteiger partial charge in [0.15, 0.2) is 17.5 Å². The third kappa shape index (κ3) is 6.80. The number of nitrogens with zero attached hydrogens (tertiary/aromatic N) is 1. The van der Waals surface area contributed by atoms with Crippen LogP contribution >= 0.6 is 24.0 Å². The van der Waals surface area contributed by atoms with Crippen LogP contribution in [0.4, 0.5) is 4.39 Å². The van der Waals surface area contributed by atoms with Crippen molar-refractivity contribution < 1.29 is 13.9 Å². The lowest BCUT2D eigenvalue weighted by atomic mass is 10.1. The number of hydrogen-bond acceptors (Lipinski definition) is 3. The van der Waals surface area contributed by atoms with Gasteiger partial charge in [0.1, 0.15) is 0 Å². The molecule has 0 spiro atoms. The Bertz CT molecular complexity index is 539. The molecule has 1 aliphatic carbocycles. The van der Waals surface area contributed by atoms with Gasteiger partial charge in [0.25, 0.3) is 0 Å². The van der Waals surface area contributed by atoms with Crippen LogP contribution in [-0.2, 0) is 4.74 Å². The van der Waals surface area contributed by atoms with Gasteiger partial charge in [0, 0.05) is 20.2 Å². The highest BCUT2D eigenvalue weighted by molar-refractivity contribution is 14.0. The minimum Gasteiger partial charge on any atom is -0.494 e. The average molecular weight is 451 g/mol. The van der Waals surface area contributed by atoms with Gasteiger partial charge < -0.3 is 20.1 Å².